The molecule has 2 N–H and O–H groups in total. The van der Waals surface area contributed by atoms with Gasteiger partial charge in [0.25, 0.3) is 0 Å². The SMILES string of the molecule is CC(C)COCC(O)CNC1CCC(C)C(C)C1. The van der Waals surface area contributed by atoms with E-state index in [0.717, 1.165) is 18.4 Å². The first-order valence-corrected chi connectivity index (χ1v) is 7.48. The summed E-state index contributed by atoms with van der Waals surface area (Å²) in [7, 11) is 0. The highest BCUT2D eigenvalue weighted by molar-refractivity contribution is 4.80. The molecule has 0 saturated heterocycles. The Hall–Kier alpha value is -0.120. The molecule has 1 fully saturated rings. The molecule has 1 aliphatic carbocycles. The smallest absolute Gasteiger partial charge is 0.0897 e. The molecule has 0 aromatic rings. The Morgan fingerprint density at radius 2 is 1.89 bits per heavy atom. The summed E-state index contributed by atoms with van der Waals surface area (Å²) < 4.78 is 5.44. The molecule has 0 amide bonds. The molecule has 0 heterocycles. The Bertz CT molecular complexity index is 221. The predicted octanol–water partition coefficient (Wildman–Crippen LogP) is 2.43. The lowest BCUT2D eigenvalue weighted by Gasteiger charge is -2.33. The normalized spacial score (nSPS) is 30.7. The second kappa shape index (κ2) is 8.13. The minimum Gasteiger partial charge on any atom is -0.389 e. The Labute approximate surface area is 112 Å². The van der Waals surface area contributed by atoms with Crippen molar-refractivity contribution in [2.24, 2.45) is 17.8 Å². The van der Waals surface area contributed by atoms with Crippen molar-refractivity contribution in [3.8, 4) is 0 Å². The van der Waals surface area contributed by atoms with Crippen LogP contribution >= 0.6 is 0 Å². The van der Waals surface area contributed by atoms with Gasteiger partial charge in [-0.3, -0.25) is 0 Å². The molecule has 108 valence electrons. The van der Waals surface area contributed by atoms with Gasteiger partial charge in [0.1, 0.15) is 0 Å². The van der Waals surface area contributed by atoms with Crippen LogP contribution in [0.3, 0.4) is 0 Å². The van der Waals surface area contributed by atoms with E-state index in [2.05, 4.69) is 33.0 Å². The molecule has 0 aliphatic heterocycles. The van der Waals surface area contributed by atoms with Crippen molar-refractivity contribution in [1.29, 1.82) is 0 Å². The number of ether oxygens (including phenoxy) is 1. The molecule has 18 heavy (non-hydrogen) atoms. The Morgan fingerprint density at radius 3 is 2.50 bits per heavy atom. The van der Waals surface area contributed by atoms with E-state index < -0.39 is 0 Å². The van der Waals surface area contributed by atoms with Crippen LogP contribution in [-0.4, -0.2) is 37.0 Å². The summed E-state index contributed by atoms with van der Waals surface area (Å²) in [6, 6.07) is 0.580. The summed E-state index contributed by atoms with van der Waals surface area (Å²) in [6.07, 6.45) is 3.41. The first-order chi connectivity index (χ1) is 8.49. The molecular formula is C15H31NO2. The molecule has 4 unspecified atom stereocenters. The number of aliphatic hydroxyl groups excluding tert-OH is 1. The van der Waals surface area contributed by atoms with Crippen LogP contribution in [0.25, 0.3) is 0 Å². The maximum absolute atomic E-state index is 9.82. The van der Waals surface area contributed by atoms with Gasteiger partial charge in [-0.05, 0) is 37.0 Å². The van der Waals surface area contributed by atoms with Crippen molar-refractivity contribution in [2.75, 3.05) is 19.8 Å². The summed E-state index contributed by atoms with van der Waals surface area (Å²) >= 11 is 0. The van der Waals surface area contributed by atoms with Crippen LogP contribution in [-0.2, 0) is 4.74 Å². The van der Waals surface area contributed by atoms with Gasteiger partial charge in [-0.1, -0.05) is 27.7 Å². The number of hydrogen-bond acceptors (Lipinski definition) is 3. The number of aliphatic hydroxyl groups is 1. The quantitative estimate of drug-likeness (QED) is 0.736. The number of hydrogen-bond donors (Lipinski definition) is 2. The predicted molar refractivity (Wildman–Crippen MR) is 75.6 cm³/mol. The molecule has 0 aromatic heterocycles. The van der Waals surface area contributed by atoms with Crippen molar-refractivity contribution in [2.45, 2.75) is 59.1 Å². The van der Waals surface area contributed by atoms with Crippen LogP contribution in [0.4, 0.5) is 0 Å². The highest BCUT2D eigenvalue weighted by Crippen LogP contribution is 2.29. The van der Waals surface area contributed by atoms with E-state index >= 15 is 0 Å². The molecule has 0 spiro atoms. The molecule has 0 radical (unpaired) electrons. The topological polar surface area (TPSA) is 41.5 Å². The molecule has 0 aromatic carbocycles. The molecule has 1 rings (SSSR count). The van der Waals surface area contributed by atoms with Gasteiger partial charge in [-0.15, -0.1) is 0 Å². The van der Waals surface area contributed by atoms with Gasteiger partial charge in [0, 0.05) is 19.2 Å². The van der Waals surface area contributed by atoms with Crippen LogP contribution in [0, 0.1) is 17.8 Å². The van der Waals surface area contributed by atoms with E-state index in [1.54, 1.807) is 0 Å². The summed E-state index contributed by atoms with van der Waals surface area (Å²) in [4.78, 5) is 0. The number of rotatable bonds is 7. The third kappa shape index (κ3) is 6.17. The van der Waals surface area contributed by atoms with Gasteiger partial charge in [0.2, 0.25) is 0 Å². The molecule has 3 heteroatoms. The van der Waals surface area contributed by atoms with Crippen molar-refractivity contribution in [1.82, 2.24) is 5.32 Å². The van der Waals surface area contributed by atoms with E-state index in [0.29, 0.717) is 25.1 Å². The summed E-state index contributed by atoms with van der Waals surface area (Å²) in [5, 5.41) is 13.3. The van der Waals surface area contributed by atoms with Crippen molar-refractivity contribution < 1.29 is 9.84 Å². The molecule has 0 bridgehead atoms. The van der Waals surface area contributed by atoms with E-state index in [9.17, 15) is 5.11 Å². The second-order valence-electron chi connectivity index (χ2n) is 6.46. The van der Waals surface area contributed by atoms with Crippen LogP contribution < -0.4 is 5.32 Å². The van der Waals surface area contributed by atoms with Gasteiger partial charge in [0.05, 0.1) is 12.7 Å². The summed E-state index contributed by atoms with van der Waals surface area (Å²) in [5.41, 5.74) is 0. The van der Waals surface area contributed by atoms with Crippen molar-refractivity contribution in [3.63, 3.8) is 0 Å². The fourth-order valence-electron chi connectivity index (χ4n) is 2.53. The van der Waals surface area contributed by atoms with E-state index in [-0.39, 0.29) is 6.10 Å². The maximum Gasteiger partial charge on any atom is 0.0897 e. The minimum atomic E-state index is -0.376. The van der Waals surface area contributed by atoms with Gasteiger partial charge in [-0.2, -0.15) is 0 Å². The third-order valence-corrected chi connectivity index (χ3v) is 4.00. The van der Waals surface area contributed by atoms with Crippen LogP contribution in [0.5, 0.6) is 0 Å². The monoisotopic (exact) mass is 257 g/mol. The Morgan fingerprint density at radius 1 is 1.17 bits per heavy atom. The summed E-state index contributed by atoms with van der Waals surface area (Å²) in [5.74, 6) is 2.18. The Kier molecular flexibility index (Phi) is 7.20. The molecule has 3 nitrogen and oxygen atoms in total. The minimum absolute atomic E-state index is 0.376. The average molecular weight is 257 g/mol. The first-order valence-electron chi connectivity index (χ1n) is 7.48. The molecular weight excluding hydrogens is 226 g/mol. The van der Waals surface area contributed by atoms with Crippen LogP contribution in [0.1, 0.15) is 47.0 Å². The lowest BCUT2D eigenvalue weighted by atomic mass is 9.79. The zero-order valence-corrected chi connectivity index (χ0v) is 12.5. The van der Waals surface area contributed by atoms with Gasteiger partial charge in [-0.25, -0.2) is 0 Å². The van der Waals surface area contributed by atoms with Crippen molar-refractivity contribution in [3.05, 3.63) is 0 Å². The Balaban J connectivity index is 2.09. The molecule has 1 aliphatic rings. The lowest BCUT2D eigenvalue weighted by Crippen LogP contribution is -2.41. The fourth-order valence-corrected chi connectivity index (χ4v) is 2.53. The standard InChI is InChI=1S/C15H31NO2/c1-11(2)9-18-10-15(17)8-16-14-6-5-12(3)13(4)7-14/h11-17H,5-10H2,1-4H3. The van der Waals surface area contributed by atoms with Crippen molar-refractivity contribution >= 4 is 0 Å². The summed E-state index contributed by atoms with van der Waals surface area (Å²) in [6.45, 7) is 10.8. The van der Waals surface area contributed by atoms with E-state index in [1.807, 2.05) is 0 Å². The van der Waals surface area contributed by atoms with E-state index in [4.69, 9.17) is 4.74 Å². The zero-order valence-electron chi connectivity index (χ0n) is 12.5. The average Bonchev–Trinajstić information content (AvgIpc) is 2.30. The van der Waals surface area contributed by atoms with E-state index in [1.165, 1.54) is 19.3 Å². The zero-order chi connectivity index (χ0) is 13.5. The maximum atomic E-state index is 9.82. The fraction of sp³-hybridized carbons (Fsp3) is 1.00. The second-order valence-corrected chi connectivity index (χ2v) is 6.46. The molecule has 4 atom stereocenters. The van der Waals surface area contributed by atoms with Crippen LogP contribution in [0.2, 0.25) is 0 Å². The highest BCUT2D eigenvalue weighted by atomic mass is 16.5. The van der Waals surface area contributed by atoms with Gasteiger partial charge < -0.3 is 15.2 Å². The number of nitrogens with one attached hydrogen (secondary N) is 1. The van der Waals surface area contributed by atoms with Crippen LogP contribution in [0.15, 0.2) is 0 Å². The molecule has 1 saturated carbocycles. The highest BCUT2D eigenvalue weighted by Gasteiger charge is 2.24. The van der Waals surface area contributed by atoms with Gasteiger partial charge in [0.15, 0.2) is 0 Å². The third-order valence-electron chi connectivity index (χ3n) is 4.00. The first kappa shape index (κ1) is 15.9. The lowest BCUT2D eigenvalue weighted by molar-refractivity contribution is 0.0237. The van der Waals surface area contributed by atoms with Gasteiger partial charge >= 0.3 is 0 Å². The largest absolute Gasteiger partial charge is 0.389 e.